The standard InChI is InChI=1S/C15H23N3O2/c1-10(2)12-4-6-13(7-5-12)11(3)18-15(20)9-17-14(19)8-16/h4-7,10-11H,8-9,16H2,1-3H3,(H,17,19)(H,18,20). The number of carbonyl (C=O) groups excluding carboxylic acids is 2. The minimum Gasteiger partial charge on any atom is -0.348 e. The van der Waals surface area contributed by atoms with Crippen LogP contribution in [0, 0.1) is 0 Å². The molecule has 0 aliphatic heterocycles. The van der Waals surface area contributed by atoms with Crippen LogP contribution in [0.3, 0.4) is 0 Å². The molecule has 1 aromatic rings. The highest BCUT2D eigenvalue weighted by atomic mass is 16.2. The molecular formula is C15H23N3O2. The van der Waals surface area contributed by atoms with Crippen molar-refractivity contribution < 1.29 is 9.59 Å². The molecule has 0 bridgehead atoms. The normalized spacial score (nSPS) is 12.1. The third-order valence-corrected chi connectivity index (χ3v) is 3.11. The maximum absolute atomic E-state index is 11.7. The first-order chi connectivity index (χ1) is 9.43. The van der Waals surface area contributed by atoms with Crippen molar-refractivity contribution in [2.45, 2.75) is 32.7 Å². The van der Waals surface area contributed by atoms with Crippen LogP contribution < -0.4 is 16.4 Å². The predicted molar refractivity (Wildman–Crippen MR) is 79.2 cm³/mol. The van der Waals surface area contributed by atoms with Crippen molar-refractivity contribution in [3.63, 3.8) is 0 Å². The summed E-state index contributed by atoms with van der Waals surface area (Å²) < 4.78 is 0. The molecule has 0 aliphatic carbocycles. The van der Waals surface area contributed by atoms with Gasteiger partial charge in [0.25, 0.3) is 0 Å². The Hall–Kier alpha value is -1.88. The van der Waals surface area contributed by atoms with E-state index in [1.807, 2.05) is 19.1 Å². The van der Waals surface area contributed by atoms with Crippen LogP contribution in [0.2, 0.25) is 0 Å². The van der Waals surface area contributed by atoms with E-state index in [4.69, 9.17) is 5.73 Å². The van der Waals surface area contributed by atoms with Crippen molar-refractivity contribution in [2.75, 3.05) is 13.1 Å². The summed E-state index contributed by atoms with van der Waals surface area (Å²) in [5.74, 6) is -0.0817. The number of amides is 2. The number of hydrogen-bond donors (Lipinski definition) is 3. The molecule has 0 fully saturated rings. The van der Waals surface area contributed by atoms with Crippen molar-refractivity contribution in [2.24, 2.45) is 5.73 Å². The number of nitrogens with one attached hydrogen (secondary N) is 2. The Morgan fingerprint density at radius 1 is 1.05 bits per heavy atom. The van der Waals surface area contributed by atoms with Gasteiger partial charge in [-0.2, -0.15) is 0 Å². The second-order valence-electron chi connectivity index (χ2n) is 5.09. The molecule has 2 amide bonds. The van der Waals surface area contributed by atoms with Gasteiger partial charge in [-0.05, 0) is 24.0 Å². The van der Waals surface area contributed by atoms with Gasteiger partial charge in [0.15, 0.2) is 0 Å². The SMILES string of the molecule is CC(C)c1ccc(C(C)NC(=O)CNC(=O)CN)cc1. The van der Waals surface area contributed by atoms with Crippen LogP contribution in [0.25, 0.3) is 0 Å². The lowest BCUT2D eigenvalue weighted by Gasteiger charge is -2.15. The van der Waals surface area contributed by atoms with Crippen molar-refractivity contribution in [3.8, 4) is 0 Å². The molecule has 0 aromatic heterocycles. The number of hydrogen-bond acceptors (Lipinski definition) is 3. The summed E-state index contributed by atoms with van der Waals surface area (Å²) in [7, 11) is 0. The molecule has 20 heavy (non-hydrogen) atoms. The maximum atomic E-state index is 11.7. The van der Waals surface area contributed by atoms with Crippen LogP contribution in [0.15, 0.2) is 24.3 Å². The first kappa shape index (κ1) is 16.2. The highest BCUT2D eigenvalue weighted by molar-refractivity contribution is 5.85. The molecular weight excluding hydrogens is 254 g/mol. The van der Waals surface area contributed by atoms with Crippen LogP contribution in [-0.4, -0.2) is 24.9 Å². The quantitative estimate of drug-likeness (QED) is 0.727. The van der Waals surface area contributed by atoms with Gasteiger partial charge < -0.3 is 16.4 Å². The number of nitrogens with two attached hydrogens (primary N) is 1. The minimum atomic E-state index is -0.339. The maximum Gasteiger partial charge on any atom is 0.239 e. The highest BCUT2D eigenvalue weighted by Gasteiger charge is 2.10. The summed E-state index contributed by atoms with van der Waals surface area (Å²) >= 11 is 0. The zero-order chi connectivity index (χ0) is 15.1. The summed E-state index contributed by atoms with van der Waals surface area (Å²) in [6.45, 7) is 6.03. The molecule has 0 saturated carbocycles. The van der Waals surface area contributed by atoms with Crippen molar-refractivity contribution in [3.05, 3.63) is 35.4 Å². The Balaban J connectivity index is 2.51. The molecule has 0 aliphatic rings. The first-order valence-electron chi connectivity index (χ1n) is 6.80. The van der Waals surface area contributed by atoms with E-state index in [9.17, 15) is 9.59 Å². The van der Waals surface area contributed by atoms with E-state index in [0.717, 1.165) is 5.56 Å². The smallest absolute Gasteiger partial charge is 0.239 e. The summed E-state index contributed by atoms with van der Waals surface area (Å²) in [6, 6.07) is 8.06. The topological polar surface area (TPSA) is 84.2 Å². The van der Waals surface area contributed by atoms with Gasteiger partial charge in [0.05, 0.1) is 19.1 Å². The number of carbonyl (C=O) groups is 2. The zero-order valence-electron chi connectivity index (χ0n) is 12.3. The van der Waals surface area contributed by atoms with Gasteiger partial charge in [0.2, 0.25) is 11.8 Å². The van der Waals surface area contributed by atoms with Gasteiger partial charge in [-0.15, -0.1) is 0 Å². The molecule has 0 heterocycles. The van der Waals surface area contributed by atoms with E-state index in [0.29, 0.717) is 5.92 Å². The molecule has 0 spiro atoms. The summed E-state index contributed by atoms with van der Waals surface area (Å²) in [5, 5.41) is 5.27. The summed E-state index contributed by atoms with van der Waals surface area (Å²) in [6.07, 6.45) is 0. The van der Waals surface area contributed by atoms with Gasteiger partial charge in [0.1, 0.15) is 0 Å². The van der Waals surface area contributed by atoms with E-state index in [1.54, 1.807) is 0 Å². The average Bonchev–Trinajstić information content (AvgIpc) is 2.44. The van der Waals surface area contributed by atoms with Crippen molar-refractivity contribution >= 4 is 11.8 Å². The highest BCUT2D eigenvalue weighted by Crippen LogP contribution is 2.18. The molecule has 0 radical (unpaired) electrons. The van der Waals surface area contributed by atoms with Crippen LogP contribution in [0.1, 0.15) is 43.9 Å². The number of rotatable bonds is 6. The van der Waals surface area contributed by atoms with E-state index in [1.165, 1.54) is 5.56 Å². The fraction of sp³-hybridized carbons (Fsp3) is 0.467. The Morgan fingerprint density at radius 3 is 2.10 bits per heavy atom. The second kappa shape index (κ2) is 7.65. The fourth-order valence-electron chi connectivity index (χ4n) is 1.80. The monoisotopic (exact) mass is 277 g/mol. The molecule has 1 rings (SSSR count). The first-order valence-corrected chi connectivity index (χ1v) is 6.80. The van der Waals surface area contributed by atoms with Gasteiger partial charge in [0, 0.05) is 0 Å². The molecule has 1 unspecified atom stereocenters. The Morgan fingerprint density at radius 2 is 1.60 bits per heavy atom. The molecule has 5 nitrogen and oxygen atoms in total. The predicted octanol–water partition coefficient (Wildman–Crippen LogP) is 1.06. The zero-order valence-corrected chi connectivity index (χ0v) is 12.3. The summed E-state index contributed by atoms with van der Waals surface area (Å²) in [4.78, 5) is 22.6. The van der Waals surface area contributed by atoms with Crippen LogP contribution in [-0.2, 0) is 9.59 Å². The van der Waals surface area contributed by atoms with Gasteiger partial charge in [-0.1, -0.05) is 38.1 Å². The third-order valence-electron chi connectivity index (χ3n) is 3.11. The third kappa shape index (κ3) is 5.01. The molecule has 0 saturated heterocycles. The molecule has 4 N–H and O–H groups in total. The largest absolute Gasteiger partial charge is 0.348 e. The van der Waals surface area contributed by atoms with E-state index >= 15 is 0 Å². The van der Waals surface area contributed by atoms with Crippen LogP contribution in [0.4, 0.5) is 0 Å². The van der Waals surface area contributed by atoms with E-state index < -0.39 is 0 Å². The van der Waals surface area contributed by atoms with E-state index in [-0.39, 0.29) is 30.9 Å². The van der Waals surface area contributed by atoms with Gasteiger partial charge in [-0.25, -0.2) is 0 Å². The molecule has 1 aromatic carbocycles. The minimum absolute atomic E-state index is 0.0511. The van der Waals surface area contributed by atoms with Crippen molar-refractivity contribution in [1.82, 2.24) is 10.6 Å². The fourth-order valence-corrected chi connectivity index (χ4v) is 1.80. The molecule has 110 valence electrons. The van der Waals surface area contributed by atoms with Crippen LogP contribution >= 0.6 is 0 Å². The second-order valence-corrected chi connectivity index (χ2v) is 5.09. The van der Waals surface area contributed by atoms with Gasteiger partial charge >= 0.3 is 0 Å². The lowest BCUT2D eigenvalue weighted by atomic mass is 9.99. The van der Waals surface area contributed by atoms with Gasteiger partial charge in [-0.3, -0.25) is 9.59 Å². The summed E-state index contributed by atoms with van der Waals surface area (Å²) in [5.41, 5.74) is 7.45. The lowest BCUT2D eigenvalue weighted by molar-refractivity contribution is -0.125. The number of benzene rings is 1. The Kier molecular flexibility index (Phi) is 6.18. The Labute approximate surface area is 119 Å². The van der Waals surface area contributed by atoms with E-state index in [2.05, 4.69) is 36.6 Å². The van der Waals surface area contributed by atoms with Crippen LogP contribution in [0.5, 0.6) is 0 Å². The molecule has 5 heteroatoms. The lowest BCUT2D eigenvalue weighted by Crippen LogP contribution is -2.40. The molecule has 1 atom stereocenters. The van der Waals surface area contributed by atoms with Crippen molar-refractivity contribution in [1.29, 1.82) is 0 Å². The Bertz CT molecular complexity index is 455. The average molecular weight is 277 g/mol.